The van der Waals surface area contributed by atoms with Crippen molar-refractivity contribution in [3.05, 3.63) is 24.0 Å². The minimum Gasteiger partial charge on any atom is -0.370 e. The predicted octanol–water partition coefficient (Wildman–Crippen LogP) is 2.51. The number of hydrogen-bond donors (Lipinski definition) is 2. The lowest BCUT2D eigenvalue weighted by Crippen LogP contribution is -2.28. The quantitative estimate of drug-likeness (QED) is 0.896. The van der Waals surface area contributed by atoms with Crippen LogP contribution in [0.3, 0.4) is 0 Å². The predicted molar refractivity (Wildman–Crippen MR) is 82.1 cm³/mol. The third-order valence-corrected chi connectivity index (χ3v) is 4.30. The second kappa shape index (κ2) is 6.43. The second-order valence-electron chi connectivity index (χ2n) is 5.87. The van der Waals surface area contributed by atoms with Gasteiger partial charge in [0.15, 0.2) is 0 Å². The summed E-state index contributed by atoms with van der Waals surface area (Å²) in [4.78, 5) is 14.3. The van der Waals surface area contributed by atoms with E-state index in [-0.39, 0.29) is 17.8 Å². The fourth-order valence-electron chi connectivity index (χ4n) is 3.20. The first-order valence-corrected chi connectivity index (χ1v) is 7.81. The topological polar surface area (TPSA) is 44.4 Å². The monoisotopic (exact) mass is 291 g/mol. The number of carbonyl (C=O) groups is 1. The van der Waals surface area contributed by atoms with Crippen LogP contribution in [0.25, 0.3) is 0 Å². The van der Waals surface area contributed by atoms with Gasteiger partial charge in [0.2, 0.25) is 5.91 Å². The van der Waals surface area contributed by atoms with Crippen LogP contribution in [0.5, 0.6) is 0 Å². The van der Waals surface area contributed by atoms with Gasteiger partial charge in [-0.2, -0.15) is 0 Å². The second-order valence-corrected chi connectivity index (χ2v) is 5.87. The van der Waals surface area contributed by atoms with Crippen molar-refractivity contribution in [2.45, 2.75) is 38.1 Å². The molecule has 0 bridgehead atoms. The van der Waals surface area contributed by atoms with Gasteiger partial charge in [-0.25, -0.2) is 4.39 Å². The van der Waals surface area contributed by atoms with E-state index in [1.54, 1.807) is 6.07 Å². The lowest BCUT2D eigenvalue weighted by atomic mass is 10.1. The zero-order valence-corrected chi connectivity index (χ0v) is 12.2. The Labute approximate surface area is 124 Å². The molecule has 21 heavy (non-hydrogen) atoms. The average molecular weight is 291 g/mol. The van der Waals surface area contributed by atoms with Crippen molar-refractivity contribution in [2.24, 2.45) is 0 Å². The molecule has 114 valence electrons. The van der Waals surface area contributed by atoms with Crippen molar-refractivity contribution >= 4 is 17.3 Å². The number of nitrogens with one attached hydrogen (secondary N) is 2. The fraction of sp³-hybridized carbons (Fsp3) is 0.562. The summed E-state index contributed by atoms with van der Waals surface area (Å²) in [5.41, 5.74) is 1.14. The van der Waals surface area contributed by atoms with Gasteiger partial charge in [-0.05, 0) is 44.4 Å². The number of halogens is 1. The summed E-state index contributed by atoms with van der Waals surface area (Å²) in [6, 6.07) is 5.23. The van der Waals surface area contributed by atoms with Crippen LogP contribution < -0.4 is 15.5 Å². The highest BCUT2D eigenvalue weighted by atomic mass is 19.1. The van der Waals surface area contributed by atoms with Gasteiger partial charge < -0.3 is 15.5 Å². The van der Waals surface area contributed by atoms with E-state index in [0.717, 1.165) is 51.0 Å². The van der Waals surface area contributed by atoms with E-state index in [9.17, 15) is 9.18 Å². The van der Waals surface area contributed by atoms with E-state index >= 15 is 0 Å². The van der Waals surface area contributed by atoms with Crippen molar-refractivity contribution < 1.29 is 9.18 Å². The number of hydrogen-bond acceptors (Lipinski definition) is 3. The minimum atomic E-state index is -0.355. The molecule has 1 amide bonds. The smallest absolute Gasteiger partial charge is 0.226 e. The summed E-state index contributed by atoms with van der Waals surface area (Å²) in [5.74, 6) is -0.466. The molecule has 0 saturated carbocycles. The van der Waals surface area contributed by atoms with Gasteiger partial charge in [-0.3, -0.25) is 4.79 Å². The Balaban J connectivity index is 1.72. The normalized spacial score (nSPS) is 21.8. The summed E-state index contributed by atoms with van der Waals surface area (Å²) in [6.45, 7) is 2.82. The molecule has 3 rings (SSSR count). The molecule has 1 aromatic rings. The number of benzene rings is 1. The van der Waals surface area contributed by atoms with Crippen molar-refractivity contribution in [1.82, 2.24) is 5.32 Å². The molecule has 0 radical (unpaired) electrons. The zero-order valence-electron chi connectivity index (χ0n) is 12.2. The van der Waals surface area contributed by atoms with E-state index in [1.807, 2.05) is 6.07 Å². The molecule has 2 saturated heterocycles. The molecule has 1 atom stereocenters. The molecule has 2 aliphatic heterocycles. The van der Waals surface area contributed by atoms with Crippen molar-refractivity contribution in [2.75, 3.05) is 29.9 Å². The van der Waals surface area contributed by atoms with Gasteiger partial charge in [0.25, 0.3) is 0 Å². The number of rotatable bonds is 4. The van der Waals surface area contributed by atoms with Gasteiger partial charge >= 0.3 is 0 Å². The van der Waals surface area contributed by atoms with Crippen LogP contribution in [0.4, 0.5) is 15.8 Å². The van der Waals surface area contributed by atoms with Crippen molar-refractivity contribution in [3.8, 4) is 0 Å². The molecule has 0 spiro atoms. The van der Waals surface area contributed by atoms with Crippen molar-refractivity contribution in [3.63, 3.8) is 0 Å². The molecule has 0 aromatic heterocycles. The molecule has 2 heterocycles. The van der Waals surface area contributed by atoms with E-state index in [4.69, 9.17) is 0 Å². The van der Waals surface area contributed by atoms with E-state index in [2.05, 4.69) is 15.5 Å². The Morgan fingerprint density at radius 1 is 1.33 bits per heavy atom. The maximum atomic E-state index is 14.1. The van der Waals surface area contributed by atoms with Crippen molar-refractivity contribution in [1.29, 1.82) is 0 Å². The molecule has 0 aliphatic carbocycles. The van der Waals surface area contributed by atoms with Crippen LogP contribution in [-0.2, 0) is 4.79 Å². The summed E-state index contributed by atoms with van der Waals surface area (Å²) in [7, 11) is 0. The molecular formula is C16H22FN3O. The molecule has 5 heteroatoms. The molecular weight excluding hydrogens is 269 g/mol. The number of anilines is 2. The molecule has 2 fully saturated rings. The molecule has 2 N–H and O–H groups in total. The Morgan fingerprint density at radius 2 is 2.14 bits per heavy atom. The average Bonchev–Trinajstić information content (AvgIpc) is 3.13. The van der Waals surface area contributed by atoms with Gasteiger partial charge in [0.05, 0.1) is 5.69 Å². The Bertz CT molecular complexity index is 508. The lowest BCUT2D eigenvalue weighted by molar-refractivity contribution is -0.116. The lowest BCUT2D eigenvalue weighted by Gasteiger charge is -2.22. The first-order chi connectivity index (χ1) is 10.2. The van der Waals surface area contributed by atoms with Crippen LogP contribution >= 0.6 is 0 Å². The maximum Gasteiger partial charge on any atom is 0.226 e. The highest BCUT2D eigenvalue weighted by Gasteiger charge is 2.22. The first kappa shape index (κ1) is 14.3. The van der Waals surface area contributed by atoms with Gasteiger partial charge in [-0.1, -0.05) is 6.07 Å². The summed E-state index contributed by atoms with van der Waals surface area (Å²) >= 11 is 0. The van der Waals surface area contributed by atoms with Gasteiger partial charge in [0.1, 0.15) is 11.5 Å². The van der Waals surface area contributed by atoms with Crippen LogP contribution in [0.1, 0.15) is 32.1 Å². The summed E-state index contributed by atoms with van der Waals surface area (Å²) in [6.07, 6.45) is 4.78. The molecule has 4 nitrogen and oxygen atoms in total. The highest BCUT2D eigenvalue weighted by molar-refractivity contribution is 5.95. The van der Waals surface area contributed by atoms with E-state index < -0.39 is 0 Å². The van der Waals surface area contributed by atoms with Crippen LogP contribution in [-0.4, -0.2) is 31.6 Å². The van der Waals surface area contributed by atoms with E-state index in [0.29, 0.717) is 12.1 Å². The van der Waals surface area contributed by atoms with Crippen LogP contribution in [0.15, 0.2) is 18.2 Å². The number of carbonyl (C=O) groups excluding carboxylic acids is 1. The first-order valence-electron chi connectivity index (χ1n) is 7.81. The van der Waals surface area contributed by atoms with Crippen LogP contribution in [0.2, 0.25) is 0 Å². The molecule has 1 unspecified atom stereocenters. The standard InChI is InChI=1S/C16H22FN3O/c17-13-6-3-7-14(20-9-1-2-10-20)16(13)19-15(21)11-12-5-4-8-18-12/h3,6-7,12,18H,1-2,4-5,8-11H2,(H,19,21). The Morgan fingerprint density at radius 3 is 2.86 bits per heavy atom. The van der Waals surface area contributed by atoms with Crippen LogP contribution in [0, 0.1) is 5.82 Å². The summed E-state index contributed by atoms with van der Waals surface area (Å²) < 4.78 is 14.1. The number of nitrogens with zero attached hydrogens (tertiary/aromatic N) is 1. The fourth-order valence-corrected chi connectivity index (χ4v) is 3.20. The Hall–Kier alpha value is -1.62. The molecule has 2 aliphatic rings. The number of amides is 1. The minimum absolute atomic E-state index is 0.111. The summed E-state index contributed by atoms with van der Waals surface area (Å²) in [5, 5.41) is 6.08. The zero-order chi connectivity index (χ0) is 14.7. The number of para-hydroxylation sites is 1. The third kappa shape index (κ3) is 3.35. The highest BCUT2D eigenvalue weighted by Crippen LogP contribution is 2.31. The SMILES string of the molecule is O=C(CC1CCCN1)Nc1c(F)cccc1N1CCCC1. The van der Waals surface area contributed by atoms with Gasteiger partial charge in [-0.15, -0.1) is 0 Å². The van der Waals surface area contributed by atoms with E-state index in [1.165, 1.54) is 6.07 Å². The maximum absolute atomic E-state index is 14.1. The Kier molecular flexibility index (Phi) is 4.39. The third-order valence-electron chi connectivity index (χ3n) is 4.30. The largest absolute Gasteiger partial charge is 0.370 e. The molecule has 1 aromatic carbocycles. The van der Waals surface area contributed by atoms with Gasteiger partial charge in [0, 0.05) is 25.6 Å².